The number of halogens is 4. The minimum absolute atomic E-state index is 0.0140. The zero-order valence-corrected chi connectivity index (χ0v) is 19.5. The molecule has 1 aliphatic carbocycles. The van der Waals surface area contributed by atoms with E-state index in [-0.39, 0.29) is 28.5 Å². The molecule has 4 rings (SSSR count). The van der Waals surface area contributed by atoms with E-state index in [1.54, 1.807) is 0 Å². The number of sulfone groups is 1. The van der Waals surface area contributed by atoms with Gasteiger partial charge in [0.2, 0.25) is 5.91 Å². The van der Waals surface area contributed by atoms with Gasteiger partial charge in [-0.2, -0.15) is 13.2 Å². The van der Waals surface area contributed by atoms with Crippen LogP contribution >= 0.6 is 0 Å². The van der Waals surface area contributed by atoms with Crippen molar-refractivity contribution in [3.8, 4) is 0 Å². The molecule has 1 N–H and O–H groups in total. The fraction of sp³-hybridized carbons (Fsp3) is 0.435. The van der Waals surface area contributed by atoms with Gasteiger partial charge in [-0.25, -0.2) is 12.8 Å². The van der Waals surface area contributed by atoms with Gasteiger partial charge in [0.15, 0.2) is 9.84 Å². The van der Waals surface area contributed by atoms with Crippen LogP contribution < -0.4 is 5.32 Å². The average molecular weight is 514 g/mol. The van der Waals surface area contributed by atoms with Crippen molar-refractivity contribution in [3.05, 3.63) is 59.2 Å². The lowest BCUT2D eigenvalue weighted by Gasteiger charge is -2.27. The first-order valence-electron chi connectivity index (χ1n) is 11.0. The highest BCUT2D eigenvalue weighted by Gasteiger charge is 2.40. The summed E-state index contributed by atoms with van der Waals surface area (Å²) < 4.78 is 77.0. The first kappa shape index (κ1) is 25.1. The topological polar surface area (TPSA) is 96.4 Å². The first-order valence-corrected chi connectivity index (χ1v) is 12.9. The van der Waals surface area contributed by atoms with Gasteiger partial charge in [0.25, 0.3) is 5.91 Å². The number of hydrogen-bond donors (Lipinski definition) is 1. The van der Waals surface area contributed by atoms with Crippen LogP contribution in [0.4, 0.5) is 17.6 Å². The standard InChI is InChI=1S/C23H23F4N3O4S/c1-35(33,34)16-9-14(11-28-12-16)22(32)30-8-2-3-19(30)21(31)29-20(13-4-5-13)17-7-6-15(10-18(17)24)23(25,26)27/h6-7,9-13,19-20H,2-5,8H2,1H3,(H,29,31)/t19-,20+/m1/s1. The number of aromatic nitrogens is 1. The van der Waals surface area contributed by atoms with E-state index in [1.165, 1.54) is 17.2 Å². The van der Waals surface area contributed by atoms with Gasteiger partial charge in [0.1, 0.15) is 11.9 Å². The molecule has 1 saturated heterocycles. The minimum Gasteiger partial charge on any atom is -0.347 e. The van der Waals surface area contributed by atoms with Gasteiger partial charge in [-0.05, 0) is 49.8 Å². The number of benzene rings is 1. The Morgan fingerprint density at radius 3 is 2.46 bits per heavy atom. The SMILES string of the molecule is CS(=O)(=O)c1cncc(C(=O)N2CCC[C@@H]2C(=O)N[C@H](c2ccc(C(F)(F)F)cc2F)C2CC2)c1. The Balaban J connectivity index is 1.54. The Morgan fingerprint density at radius 2 is 1.86 bits per heavy atom. The van der Waals surface area contributed by atoms with Crippen molar-refractivity contribution in [1.29, 1.82) is 0 Å². The molecular formula is C23H23F4N3O4S. The molecule has 1 aromatic heterocycles. The van der Waals surface area contributed by atoms with Crippen LogP contribution in [-0.2, 0) is 20.8 Å². The van der Waals surface area contributed by atoms with Crippen LogP contribution in [0.2, 0.25) is 0 Å². The molecule has 1 aromatic carbocycles. The van der Waals surface area contributed by atoms with Crippen molar-refractivity contribution in [3.63, 3.8) is 0 Å². The summed E-state index contributed by atoms with van der Waals surface area (Å²) in [4.78, 5) is 31.2. The first-order chi connectivity index (χ1) is 16.4. The Kier molecular flexibility index (Phi) is 6.60. The average Bonchev–Trinajstić information content (AvgIpc) is 3.51. The molecule has 7 nitrogen and oxygen atoms in total. The number of amides is 2. The number of rotatable bonds is 6. The molecule has 0 spiro atoms. The third-order valence-electron chi connectivity index (χ3n) is 6.26. The van der Waals surface area contributed by atoms with Crippen LogP contribution in [0.5, 0.6) is 0 Å². The molecule has 2 amide bonds. The van der Waals surface area contributed by atoms with Gasteiger partial charge in [-0.3, -0.25) is 14.6 Å². The van der Waals surface area contributed by atoms with Crippen LogP contribution in [0.25, 0.3) is 0 Å². The quantitative estimate of drug-likeness (QED) is 0.597. The molecule has 2 fully saturated rings. The predicted molar refractivity (Wildman–Crippen MR) is 116 cm³/mol. The molecule has 0 unspecified atom stereocenters. The van der Waals surface area contributed by atoms with Crippen LogP contribution in [0.1, 0.15) is 53.2 Å². The molecule has 2 aromatic rings. The smallest absolute Gasteiger partial charge is 0.347 e. The van der Waals surface area contributed by atoms with E-state index in [4.69, 9.17) is 0 Å². The maximum Gasteiger partial charge on any atom is 0.416 e. The summed E-state index contributed by atoms with van der Waals surface area (Å²) in [5.74, 6) is -2.28. The second-order valence-electron chi connectivity index (χ2n) is 8.90. The maximum atomic E-state index is 14.6. The number of alkyl halides is 3. The lowest BCUT2D eigenvalue weighted by Crippen LogP contribution is -2.47. The third kappa shape index (κ3) is 5.47. The molecular weight excluding hydrogens is 490 g/mol. The Hall–Kier alpha value is -3.02. The van der Waals surface area contributed by atoms with Gasteiger partial charge in [-0.15, -0.1) is 0 Å². The van der Waals surface area contributed by atoms with Crippen LogP contribution in [0.3, 0.4) is 0 Å². The summed E-state index contributed by atoms with van der Waals surface area (Å²) in [5.41, 5.74) is -1.13. The highest BCUT2D eigenvalue weighted by Crippen LogP contribution is 2.43. The van der Waals surface area contributed by atoms with Crippen LogP contribution in [0.15, 0.2) is 41.6 Å². The number of hydrogen-bond acceptors (Lipinski definition) is 5. The van der Waals surface area contributed by atoms with Crippen LogP contribution in [-0.4, -0.2) is 49.0 Å². The van der Waals surface area contributed by atoms with Crippen molar-refractivity contribution >= 4 is 21.7 Å². The lowest BCUT2D eigenvalue weighted by molar-refractivity contribution is -0.137. The van der Waals surface area contributed by atoms with E-state index in [1.807, 2.05) is 0 Å². The number of likely N-dealkylation sites (tertiary alicyclic amines) is 1. The monoisotopic (exact) mass is 513 g/mol. The molecule has 0 bridgehead atoms. The number of nitrogens with one attached hydrogen (secondary N) is 1. The van der Waals surface area contributed by atoms with Crippen LogP contribution in [0, 0.1) is 11.7 Å². The van der Waals surface area contributed by atoms with Gasteiger partial charge in [0, 0.05) is 30.8 Å². The largest absolute Gasteiger partial charge is 0.416 e. The summed E-state index contributed by atoms with van der Waals surface area (Å²) in [6.45, 7) is 0.253. The number of carbonyl (C=O) groups excluding carboxylic acids is 2. The fourth-order valence-electron chi connectivity index (χ4n) is 4.27. The molecule has 1 aliphatic heterocycles. The summed E-state index contributed by atoms with van der Waals surface area (Å²) in [5, 5.41) is 2.74. The molecule has 0 radical (unpaired) electrons. The molecule has 2 atom stereocenters. The lowest BCUT2D eigenvalue weighted by atomic mass is 9.99. The zero-order valence-electron chi connectivity index (χ0n) is 18.7. The summed E-state index contributed by atoms with van der Waals surface area (Å²) >= 11 is 0. The number of carbonyl (C=O) groups is 2. The minimum atomic E-state index is -4.69. The van der Waals surface area contributed by atoms with E-state index >= 15 is 0 Å². The van der Waals surface area contributed by atoms with Crippen molar-refractivity contribution in [2.75, 3.05) is 12.8 Å². The van der Waals surface area contributed by atoms with E-state index < -0.39 is 51.3 Å². The molecule has 2 heterocycles. The summed E-state index contributed by atoms with van der Waals surface area (Å²) in [7, 11) is -3.60. The highest BCUT2D eigenvalue weighted by molar-refractivity contribution is 7.90. The normalized spacial score (nSPS) is 19.5. The zero-order chi connectivity index (χ0) is 25.5. The number of pyridine rings is 1. The molecule has 12 heteroatoms. The highest BCUT2D eigenvalue weighted by atomic mass is 32.2. The van der Waals surface area contributed by atoms with Crippen molar-refractivity contribution in [1.82, 2.24) is 15.2 Å². The summed E-state index contributed by atoms with van der Waals surface area (Å²) in [6.07, 6.45) is 0.864. The van der Waals surface area contributed by atoms with E-state index in [9.17, 15) is 35.6 Å². The van der Waals surface area contributed by atoms with Gasteiger partial charge >= 0.3 is 6.18 Å². The molecule has 188 valence electrons. The maximum absolute atomic E-state index is 14.6. The Labute approximate surface area is 199 Å². The van der Waals surface area contributed by atoms with Gasteiger partial charge in [-0.1, -0.05) is 6.07 Å². The van der Waals surface area contributed by atoms with Gasteiger partial charge in [0.05, 0.1) is 22.1 Å². The fourth-order valence-corrected chi connectivity index (χ4v) is 4.86. The summed E-state index contributed by atoms with van der Waals surface area (Å²) in [6, 6.07) is 1.74. The second kappa shape index (κ2) is 9.21. The van der Waals surface area contributed by atoms with Crippen molar-refractivity contribution < 1.29 is 35.6 Å². The number of nitrogens with zero attached hydrogens (tertiary/aromatic N) is 2. The Morgan fingerprint density at radius 1 is 1.14 bits per heavy atom. The van der Waals surface area contributed by atoms with E-state index in [2.05, 4.69) is 10.3 Å². The van der Waals surface area contributed by atoms with Crippen molar-refractivity contribution in [2.45, 2.75) is 48.8 Å². The molecule has 35 heavy (non-hydrogen) atoms. The Bertz CT molecular complexity index is 1260. The van der Waals surface area contributed by atoms with E-state index in [0.717, 1.165) is 24.6 Å². The molecule has 1 saturated carbocycles. The second-order valence-corrected chi connectivity index (χ2v) is 10.9. The van der Waals surface area contributed by atoms with E-state index in [0.29, 0.717) is 31.7 Å². The van der Waals surface area contributed by atoms with Gasteiger partial charge < -0.3 is 10.2 Å². The predicted octanol–water partition coefficient (Wildman–Crippen LogP) is 3.52. The third-order valence-corrected chi connectivity index (χ3v) is 7.34. The van der Waals surface area contributed by atoms with Crippen molar-refractivity contribution in [2.24, 2.45) is 5.92 Å². The molecule has 2 aliphatic rings.